The molecule has 2 aliphatic heterocycles. The monoisotopic (exact) mass is 618 g/mol. The molecule has 1 fully saturated rings. The predicted molar refractivity (Wildman–Crippen MR) is 178 cm³/mol. The van der Waals surface area contributed by atoms with Crippen molar-refractivity contribution >= 4 is 41.7 Å². The predicted octanol–water partition coefficient (Wildman–Crippen LogP) is 8.68. The Balaban J connectivity index is 1.53. The van der Waals surface area contributed by atoms with Crippen LogP contribution in [0.5, 0.6) is 0 Å². The number of likely N-dealkylation sites (tertiary alicyclic amines) is 1. The second-order valence-electron chi connectivity index (χ2n) is 14.6. The van der Waals surface area contributed by atoms with Crippen LogP contribution >= 0.6 is 11.3 Å². The highest BCUT2D eigenvalue weighted by Crippen LogP contribution is 2.46. The van der Waals surface area contributed by atoms with Gasteiger partial charge in [0.25, 0.3) is 0 Å². The van der Waals surface area contributed by atoms with Crippen molar-refractivity contribution in [1.82, 2.24) is 9.88 Å². The van der Waals surface area contributed by atoms with Crippen LogP contribution in [0, 0.1) is 11.3 Å². The van der Waals surface area contributed by atoms with Crippen molar-refractivity contribution in [2.45, 2.75) is 104 Å². The first-order valence-corrected chi connectivity index (χ1v) is 19.2. The van der Waals surface area contributed by atoms with Gasteiger partial charge >= 0.3 is 6.09 Å². The molecule has 2 unspecified atom stereocenters. The lowest BCUT2D eigenvalue weighted by atomic mass is 9.90. The van der Waals surface area contributed by atoms with E-state index in [0.717, 1.165) is 47.2 Å². The first-order valence-electron chi connectivity index (χ1n) is 15.5. The van der Waals surface area contributed by atoms with Gasteiger partial charge in [-0.1, -0.05) is 20.8 Å². The molecule has 0 aliphatic carbocycles. The van der Waals surface area contributed by atoms with Crippen molar-refractivity contribution in [3.63, 3.8) is 0 Å². The summed E-state index contributed by atoms with van der Waals surface area (Å²) in [6.45, 7) is 21.5. The van der Waals surface area contributed by atoms with Gasteiger partial charge in [0.15, 0.2) is 8.32 Å². The average Bonchev–Trinajstić information content (AvgIpc) is 3.58. The molecule has 2 aromatic heterocycles. The van der Waals surface area contributed by atoms with E-state index in [4.69, 9.17) is 14.1 Å². The summed E-state index contributed by atoms with van der Waals surface area (Å²) in [5.41, 5.74) is 5.67. The number of rotatable bonds is 5. The first-order chi connectivity index (χ1) is 20.1. The number of aryl methyl sites for hydroxylation is 1. The Bertz CT molecular complexity index is 1560. The number of hydrogen-bond donors (Lipinski definition) is 0. The van der Waals surface area contributed by atoms with Crippen LogP contribution in [-0.4, -0.2) is 55.6 Å². The fourth-order valence-electron chi connectivity index (χ4n) is 5.95. The number of nitriles is 1. The Labute approximate surface area is 261 Å². The smallest absolute Gasteiger partial charge is 0.410 e. The van der Waals surface area contributed by atoms with Crippen LogP contribution in [0.1, 0.15) is 83.4 Å². The molecule has 230 valence electrons. The van der Waals surface area contributed by atoms with E-state index in [2.05, 4.69) is 70.0 Å². The third-order valence-corrected chi connectivity index (χ3v) is 15.0. The fourth-order valence-corrected chi connectivity index (χ4v) is 8.52. The van der Waals surface area contributed by atoms with Crippen molar-refractivity contribution in [2.24, 2.45) is 0 Å². The third-order valence-electron chi connectivity index (χ3n) is 9.11. The lowest BCUT2D eigenvalue weighted by Gasteiger charge is -2.38. The number of thiophene rings is 1. The molecule has 0 bridgehead atoms. The highest BCUT2D eigenvalue weighted by atomic mass is 32.1. The van der Waals surface area contributed by atoms with Crippen LogP contribution < -0.4 is 4.90 Å². The summed E-state index contributed by atoms with van der Waals surface area (Å²) in [5.74, 6) is 0. The summed E-state index contributed by atoms with van der Waals surface area (Å²) >= 11 is 1.75. The highest BCUT2D eigenvalue weighted by molar-refractivity contribution is 7.19. The molecule has 0 N–H and O–H groups in total. The molecule has 7 nitrogen and oxygen atoms in total. The topological polar surface area (TPSA) is 78.7 Å². The van der Waals surface area contributed by atoms with E-state index in [1.54, 1.807) is 11.3 Å². The van der Waals surface area contributed by atoms with Crippen molar-refractivity contribution in [1.29, 1.82) is 5.26 Å². The van der Waals surface area contributed by atoms with Gasteiger partial charge in [-0.05, 0) is 94.9 Å². The second-order valence-corrected chi connectivity index (χ2v) is 20.4. The van der Waals surface area contributed by atoms with E-state index >= 15 is 0 Å². The second kappa shape index (κ2) is 11.5. The van der Waals surface area contributed by atoms with Gasteiger partial charge in [-0.15, -0.1) is 11.3 Å². The summed E-state index contributed by atoms with van der Waals surface area (Å²) in [6.07, 6.45) is 4.44. The van der Waals surface area contributed by atoms with Crippen LogP contribution in [0.15, 0.2) is 30.5 Å². The van der Waals surface area contributed by atoms with E-state index < -0.39 is 13.9 Å². The number of hydrogen-bond acceptors (Lipinski definition) is 7. The normalized spacial score (nSPS) is 18.5. The Kier molecular flexibility index (Phi) is 8.44. The summed E-state index contributed by atoms with van der Waals surface area (Å²) in [4.78, 5) is 23.1. The zero-order valence-electron chi connectivity index (χ0n) is 27.2. The SMILES string of the molecule is CC(O[Si](C)(C)C(C)(C)C)c1cc2nccc(-c3cc(C#N)cc4c3N(C3CCN(C(=O)OC(C)(C)C)C3)CCC4)c2s1. The van der Waals surface area contributed by atoms with Gasteiger partial charge in [-0.2, -0.15) is 5.26 Å². The summed E-state index contributed by atoms with van der Waals surface area (Å²) in [7, 11) is -1.95. The average molecular weight is 619 g/mol. The standard InChI is InChI=1S/C34H46N4O3SSi/c1-22(41-43(8,9)34(5,6)7)29-19-28-31(42-29)26(12-14-36-28)27-18-23(20-35)17-24-11-10-15-38(30(24)27)25-13-16-37(21-25)32(39)40-33(2,3)4/h12,14,17-19,22,25H,10-11,13,15-16,21H2,1-9H3. The number of amides is 1. The summed E-state index contributed by atoms with van der Waals surface area (Å²) < 4.78 is 13.6. The maximum absolute atomic E-state index is 12.9. The molecule has 0 saturated carbocycles. The third kappa shape index (κ3) is 6.47. The minimum atomic E-state index is -1.95. The number of aromatic nitrogens is 1. The summed E-state index contributed by atoms with van der Waals surface area (Å²) in [5, 5.41) is 10.1. The first kappa shape index (κ1) is 31.5. The number of benzene rings is 1. The van der Waals surface area contributed by atoms with E-state index in [-0.39, 0.29) is 23.3 Å². The molecular weight excluding hydrogens is 573 g/mol. The molecular formula is C34H46N4O3SSi. The number of pyridine rings is 1. The van der Waals surface area contributed by atoms with E-state index in [9.17, 15) is 10.1 Å². The number of ether oxygens (including phenoxy) is 1. The minimum absolute atomic E-state index is 0.0267. The molecule has 0 radical (unpaired) electrons. The van der Waals surface area contributed by atoms with Gasteiger partial charge in [0.2, 0.25) is 0 Å². The maximum Gasteiger partial charge on any atom is 0.410 e. The van der Waals surface area contributed by atoms with Gasteiger partial charge in [0.05, 0.1) is 28.0 Å². The largest absolute Gasteiger partial charge is 0.444 e. The summed E-state index contributed by atoms with van der Waals surface area (Å²) in [6, 6.07) is 11.0. The van der Waals surface area contributed by atoms with Crippen LogP contribution in [0.25, 0.3) is 21.3 Å². The lowest BCUT2D eigenvalue weighted by Crippen LogP contribution is -2.43. The van der Waals surface area contributed by atoms with Crippen LogP contribution in [0.2, 0.25) is 18.1 Å². The number of carbonyl (C=O) groups is 1. The minimum Gasteiger partial charge on any atom is -0.444 e. The Morgan fingerprint density at radius 2 is 1.88 bits per heavy atom. The molecule has 5 rings (SSSR count). The zero-order valence-corrected chi connectivity index (χ0v) is 29.0. The maximum atomic E-state index is 12.9. The van der Waals surface area contributed by atoms with Crippen LogP contribution in [0.3, 0.4) is 0 Å². The van der Waals surface area contributed by atoms with Gasteiger partial charge in [-0.3, -0.25) is 4.98 Å². The van der Waals surface area contributed by atoms with Crippen molar-refractivity contribution in [2.75, 3.05) is 24.5 Å². The molecule has 1 amide bonds. The fraction of sp³-hybridized carbons (Fsp3) is 0.559. The molecule has 1 aromatic carbocycles. The number of carbonyl (C=O) groups excluding carboxylic acids is 1. The van der Waals surface area contributed by atoms with Crippen LogP contribution in [0.4, 0.5) is 10.5 Å². The van der Waals surface area contributed by atoms with E-state index in [1.165, 1.54) is 16.1 Å². The molecule has 3 aromatic rings. The molecule has 2 aliphatic rings. The van der Waals surface area contributed by atoms with Gasteiger partial charge in [0, 0.05) is 53.6 Å². The molecule has 9 heteroatoms. The Hall–Kier alpha value is -2.93. The number of fused-ring (bicyclic) bond motifs is 2. The Morgan fingerprint density at radius 1 is 1.14 bits per heavy atom. The lowest BCUT2D eigenvalue weighted by molar-refractivity contribution is 0.0292. The van der Waals surface area contributed by atoms with Crippen molar-refractivity contribution in [3.8, 4) is 17.2 Å². The van der Waals surface area contributed by atoms with E-state index in [0.29, 0.717) is 18.7 Å². The number of nitrogens with zero attached hydrogens (tertiary/aromatic N) is 4. The van der Waals surface area contributed by atoms with Gasteiger partial charge in [0.1, 0.15) is 5.60 Å². The van der Waals surface area contributed by atoms with Crippen LogP contribution in [-0.2, 0) is 15.6 Å². The molecule has 0 spiro atoms. The van der Waals surface area contributed by atoms with Gasteiger partial charge in [-0.25, -0.2) is 4.79 Å². The zero-order chi connectivity index (χ0) is 31.3. The highest BCUT2D eigenvalue weighted by Gasteiger charge is 2.39. The molecule has 2 atom stereocenters. The quantitative estimate of drug-likeness (QED) is 0.266. The van der Waals surface area contributed by atoms with Crippen molar-refractivity contribution < 1.29 is 14.0 Å². The number of anilines is 1. The molecule has 1 saturated heterocycles. The van der Waals surface area contributed by atoms with Crippen molar-refractivity contribution in [3.05, 3.63) is 46.5 Å². The molecule has 4 heterocycles. The molecule has 43 heavy (non-hydrogen) atoms. The van der Waals surface area contributed by atoms with E-state index in [1.807, 2.05) is 37.9 Å². The van der Waals surface area contributed by atoms with Gasteiger partial charge < -0.3 is 19.0 Å². The Morgan fingerprint density at radius 3 is 2.56 bits per heavy atom.